The molecule has 1 unspecified atom stereocenters. The summed E-state index contributed by atoms with van der Waals surface area (Å²) in [5.74, 6) is -1.45. The van der Waals surface area contributed by atoms with Crippen LogP contribution in [0, 0.1) is 17.5 Å². The molecule has 244 valence electrons. The number of rotatable bonds is 6. The molecule has 1 atom stereocenters. The number of fused-ring (bicyclic) bond motifs is 2. The number of nitrogen functional groups attached to an aromatic ring is 1. The predicted molar refractivity (Wildman–Crippen MR) is 167 cm³/mol. The number of nitrogens with zero attached hydrogens (tertiary/aromatic N) is 4. The van der Waals surface area contributed by atoms with Gasteiger partial charge in [-0.2, -0.15) is 13.5 Å². The molecule has 6 rings (SSSR count). The van der Waals surface area contributed by atoms with Gasteiger partial charge in [0.05, 0.1) is 22.4 Å². The second kappa shape index (κ2) is 12.8. The molecule has 0 saturated carbocycles. The molecule has 47 heavy (non-hydrogen) atoms. The van der Waals surface area contributed by atoms with Crippen LogP contribution in [0.25, 0.3) is 44.4 Å². The first-order valence-electron chi connectivity index (χ1n) is 13.8. The van der Waals surface area contributed by atoms with E-state index in [4.69, 9.17) is 37.5 Å². The van der Waals surface area contributed by atoms with Crippen molar-refractivity contribution in [3.05, 3.63) is 100 Å². The van der Waals surface area contributed by atoms with E-state index in [-0.39, 0.29) is 45.5 Å². The van der Waals surface area contributed by atoms with Crippen LogP contribution in [-0.2, 0) is 10.4 Å². The van der Waals surface area contributed by atoms with Gasteiger partial charge in [-0.25, -0.2) is 27.8 Å². The van der Waals surface area contributed by atoms with Gasteiger partial charge in [0.1, 0.15) is 46.9 Å². The van der Waals surface area contributed by atoms with Gasteiger partial charge >= 0.3 is 10.4 Å². The van der Waals surface area contributed by atoms with Crippen molar-refractivity contribution in [2.75, 3.05) is 5.73 Å². The number of benzene rings is 3. The van der Waals surface area contributed by atoms with Crippen LogP contribution < -0.4 is 15.9 Å². The second-order valence-corrected chi connectivity index (χ2v) is 11.4. The first-order valence-corrected chi connectivity index (χ1v) is 15.2. The molecule has 3 aromatic carbocycles. The average Bonchev–Trinajstić information content (AvgIpc) is 3.38. The van der Waals surface area contributed by atoms with Crippen LogP contribution in [0.3, 0.4) is 0 Å². The lowest BCUT2D eigenvalue weighted by Crippen LogP contribution is -2.16. The van der Waals surface area contributed by atoms with Gasteiger partial charge in [-0.15, -0.1) is 0 Å². The van der Waals surface area contributed by atoms with Gasteiger partial charge < -0.3 is 14.9 Å². The summed E-state index contributed by atoms with van der Waals surface area (Å²) in [6.07, 6.45) is 1.04. The largest absolute Gasteiger partial charge is 0.488 e. The molecular weight excluding hydrogens is 643 g/mol. The predicted octanol–water partition coefficient (Wildman–Crippen LogP) is 6.01. The van der Waals surface area contributed by atoms with Crippen molar-refractivity contribution in [2.45, 2.75) is 32.9 Å². The van der Waals surface area contributed by atoms with Gasteiger partial charge in [0.2, 0.25) is 5.43 Å². The summed E-state index contributed by atoms with van der Waals surface area (Å²) < 4.78 is 88.2. The smallest absolute Gasteiger partial charge is 0.394 e. The molecule has 0 amide bonds. The van der Waals surface area contributed by atoms with Gasteiger partial charge in [0.25, 0.3) is 0 Å². The van der Waals surface area contributed by atoms with Gasteiger partial charge in [-0.1, -0.05) is 12.1 Å². The molecule has 0 fully saturated rings. The fourth-order valence-electron chi connectivity index (χ4n) is 4.97. The van der Waals surface area contributed by atoms with Gasteiger partial charge in [-0.05, 0) is 74.9 Å². The van der Waals surface area contributed by atoms with E-state index in [1.165, 1.54) is 53.5 Å². The summed E-state index contributed by atoms with van der Waals surface area (Å²) in [7, 11) is -4.67. The number of nitrogens with two attached hydrogens (primary N) is 1. The van der Waals surface area contributed by atoms with Crippen LogP contribution in [-0.4, -0.2) is 43.4 Å². The molecule has 3 heterocycles. The van der Waals surface area contributed by atoms with Crippen LogP contribution in [0.4, 0.5) is 19.0 Å². The standard InChI is InChI=1S/C31H24F3N5O3.H2O4S/c1-15(2)41-24-9-7-18(12-22(24)34)27-26-30(35)36-14-37-31(26)39(38-27)16(3)29-25(17-5-4-6-19(32)11-17)28(40)21-13-20(33)8-10-23(21)42-29;1-5(2,3)4/h4-16H,1-3H3,(H2,35,36,37);(H2,1,2,3,4). The number of aromatic nitrogens is 4. The summed E-state index contributed by atoms with van der Waals surface area (Å²) in [6, 6.07) is 12.7. The molecule has 12 nitrogen and oxygen atoms in total. The number of hydrogen-bond donors (Lipinski definition) is 3. The summed E-state index contributed by atoms with van der Waals surface area (Å²) in [6.45, 7) is 5.30. The highest BCUT2D eigenvalue weighted by Crippen LogP contribution is 2.37. The lowest BCUT2D eigenvalue weighted by Gasteiger charge is -2.17. The average molecular weight is 670 g/mol. The fourth-order valence-corrected chi connectivity index (χ4v) is 4.97. The van der Waals surface area contributed by atoms with Crippen molar-refractivity contribution < 1.29 is 39.8 Å². The minimum absolute atomic E-state index is 0.00183. The lowest BCUT2D eigenvalue weighted by atomic mass is 9.99. The first kappa shape index (κ1) is 33.1. The Kier molecular flexibility index (Phi) is 9.02. The minimum Gasteiger partial charge on any atom is -0.488 e. The molecule has 0 bridgehead atoms. The molecule has 0 radical (unpaired) electrons. The van der Waals surface area contributed by atoms with Gasteiger partial charge in [0, 0.05) is 5.56 Å². The number of ether oxygens (including phenoxy) is 1. The maximum absolute atomic E-state index is 15.0. The third-order valence-corrected chi connectivity index (χ3v) is 6.83. The van der Waals surface area contributed by atoms with Crippen molar-refractivity contribution >= 4 is 38.2 Å². The van der Waals surface area contributed by atoms with Gasteiger partial charge in [0.15, 0.2) is 17.2 Å². The van der Waals surface area contributed by atoms with Crippen molar-refractivity contribution in [3.8, 4) is 28.1 Å². The molecule has 6 aromatic rings. The highest BCUT2D eigenvalue weighted by molar-refractivity contribution is 7.79. The van der Waals surface area contributed by atoms with Crippen LogP contribution in [0.1, 0.15) is 32.6 Å². The SMILES string of the molecule is CC(C)Oc1ccc(-c2nn(C(C)c3oc4ccc(F)cc4c(=O)c3-c3cccc(F)c3)c3ncnc(N)c23)cc1F.O=S(=O)(O)O. The van der Waals surface area contributed by atoms with E-state index in [0.29, 0.717) is 22.3 Å². The van der Waals surface area contributed by atoms with E-state index in [9.17, 15) is 18.0 Å². The van der Waals surface area contributed by atoms with Crippen molar-refractivity contribution in [1.29, 1.82) is 0 Å². The highest BCUT2D eigenvalue weighted by atomic mass is 32.3. The maximum atomic E-state index is 15.0. The molecule has 0 aliphatic heterocycles. The van der Waals surface area contributed by atoms with Gasteiger partial charge in [-0.3, -0.25) is 13.9 Å². The molecular formula is C31H26F3N5O7S. The highest BCUT2D eigenvalue weighted by Gasteiger charge is 2.27. The van der Waals surface area contributed by atoms with Crippen LogP contribution in [0.2, 0.25) is 0 Å². The maximum Gasteiger partial charge on any atom is 0.394 e. The molecule has 4 N–H and O–H groups in total. The summed E-state index contributed by atoms with van der Waals surface area (Å²) in [5.41, 5.74) is 7.10. The molecule has 0 spiro atoms. The van der Waals surface area contributed by atoms with E-state index >= 15 is 0 Å². The molecule has 0 saturated heterocycles. The number of halogens is 3. The van der Waals surface area contributed by atoms with Crippen LogP contribution >= 0.6 is 0 Å². The van der Waals surface area contributed by atoms with Crippen LogP contribution in [0.15, 0.2) is 76.2 Å². The van der Waals surface area contributed by atoms with E-state index in [1.807, 2.05) is 0 Å². The Morgan fingerprint density at radius 3 is 2.30 bits per heavy atom. The zero-order valence-corrected chi connectivity index (χ0v) is 25.7. The Labute approximate surface area is 264 Å². The third kappa shape index (κ3) is 7.09. The molecule has 3 aromatic heterocycles. The second-order valence-electron chi connectivity index (χ2n) is 10.5. The fraction of sp³-hybridized carbons (Fsp3) is 0.161. The van der Waals surface area contributed by atoms with E-state index < -0.39 is 39.3 Å². The van der Waals surface area contributed by atoms with Crippen molar-refractivity contribution in [1.82, 2.24) is 19.7 Å². The zero-order chi connectivity index (χ0) is 34.2. The minimum atomic E-state index is -4.67. The first-order chi connectivity index (χ1) is 22.1. The monoisotopic (exact) mass is 669 g/mol. The van der Waals surface area contributed by atoms with Crippen molar-refractivity contribution in [2.24, 2.45) is 0 Å². The zero-order valence-electron chi connectivity index (χ0n) is 24.8. The van der Waals surface area contributed by atoms with Crippen molar-refractivity contribution in [3.63, 3.8) is 0 Å². The Balaban J connectivity index is 0.000000807. The Hall–Kier alpha value is -5.32. The summed E-state index contributed by atoms with van der Waals surface area (Å²) in [4.78, 5) is 22.3. The lowest BCUT2D eigenvalue weighted by molar-refractivity contribution is 0.231. The molecule has 0 aliphatic carbocycles. The summed E-state index contributed by atoms with van der Waals surface area (Å²) in [5, 5.41) is 5.10. The quantitative estimate of drug-likeness (QED) is 0.177. The molecule has 16 heteroatoms. The topological polar surface area (TPSA) is 184 Å². The van der Waals surface area contributed by atoms with E-state index in [1.54, 1.807) is 32.9 Å². The van der Waals surface area contributed by atoms with Crippen LogP contribution in [0.5, 0.6) is 5.75 Å². The molecule has 0 aliphatic rings. The Bertz CT molecular complexity index is 2300. The normalized spacial score (nSPS) is 12.3. The Morgan fingerprint density at radius 2 is 1.64 bits per heavy atom. The Morgan fingerprint density at radius 1 is 0.936 bits per heavy atom. The van der Waals surface area contributed by atoms with E-state index in [0.717, 1.165) is 6.07 Å². The summed E-state index contributed by atoms with van der Waals surface area (Å²) >= 11 is 0. The third-order valence-electron chi connectivity index (χ3n) is 6.83. The number of hydrogen-bond acceptors (Lipinski definition) is 9. The van der Waals surface area contributed by atoms with E-state index in [2.05, 4.69) is 9.97 Å². The number of anilines is 1.